The van der Waals surface area contributed by atoms with Gasteiger partial charge in [-0.1, -0.05) is 12.1 Å². The van der Waals surface area contributed by atoms with Crippen molar-refractivity contribution in [1.82, 2.24) is 0 Å². The van der Waals surface area contributed by atoms with E-state index in [4.69, 9.17) is 10.8 Å². The van der Waals surface area contributed by atoms with Crippen molar-refractivity contribution in [2.75, 3.05) is 11.1 Å². The van der Waals surface area contributed by atoms with Crippen LogP contribution < -0.4 is 11.1 Å². The number of aromatic carboxylic acids is 1. The molecule has 0 aliphatic rings. The van der Waals surface area contributed by atoms with Gasteiger partial charge >= 0.3 is 18.3 Å². The zero-order valence-electron chi connectivity index (χ0n) is 24.3. The number of nitrogens with one attached hydrogen (secondary N) is 1. The molecule has 0 heterocycles. The lowest BCUT2D eigenvalue weighted by molar-refractivity contribution is -0.138. The van der Waals surface area contributed by atoms with Gasteiger partial charge in [0.15, 0.2) is 0 Å². The second kappa shape index (κ2) is 15.8. The number of hydrogen-bond acceptors (Lipinski definition) is 3. The first-order valence-corrected chi connectivity index (χ1v) is 15.0. The molecule has 0 saturated carbocycles. The van der Waals surface area contributed by atoms with Crippen molar-refractivity contribution >= 4 is 68.4 Å². The van der Waals surface area contributed by atoms with Gasteiger partial charge in [0.1, 0.15) is 0 Å². The number of carbonyl (C=O) groups excluding carboxylic acids is 1. The first kappa shape index (κ1) is 37.8. The number of nitrogens with two attached hydrogens (primary N) is 1. The van der Waals surface area contributed by atoms with Crippen LogP contribution in [0.5, 0.6) is 0 Å². The van der Waals surface area contributed by atoms with Crippen LogP contribution in [0.2, 0.25) is 0 Å². The average molecular weight is 856 g/mol. The number of carbonyl (C=O) groups is 2. The molecule has 0 saturated heterocycles. The minimum absolute atomic E-state index is 0.132. The summed E-state index contributed by atoms with van der Waals surface area (Å²) < 4.78 is 76.6. The molecule has 4 aromatic carbocycles. The number of halogens is 8. The first-order chi connectivity index (χ1) is 20.7. The van der Waals surface area contributed by atoms with Gasteiger partial charge in [-0.3, -0.25) is 4.79 Å². The summed E-state index contributed by atoms with van der Waals surface area (Å²) in [5.74, 6) is -1.31. The fourth-order valence-electron chi connectivity index (χ4n) is 3.66. The number of rotatable bonds is 3. The molecule has 240 valence electrons. The van der Waals surface area contributed by atoms with E-state index in [1.807, 2.05) is 19.9 Å². The molecule has 0 radical (unpaired) electrons. The van der Waals surface area contributed by atoms with Crippen LogP contribution in [-0.2, 0) is 12.4 Å². The van der Waals surface area contributed by atoms with Gasteiger partial charge in [-0.2, -0.15) is 26.3 Å². The molecule has 0 atom stereocenters. The summed E-state index contributed by atoms with van der Waals surface area (Å²) in [4.78, 5) is 22.6. The summed E-state index contributed by atoms with van der Waals surface area (Å²) in [6.45, 7) is 7.00. The van der Waals surface area contributed by atoms with E-state index in [1.165, 1.54) is 12.1 Å². The second-order valence-electron chi connectivity index (χ2n) is 9.90. The van der Waals surface area contributed by atoms with Gasteiger partial charge in [0, 0.05) is 24.1 Å². The van der Waals surface area contributed by atoms with Crippen molar-refractivity contribution in [3.8, 4) is 0 Å². The summed E-state index contributed by atoms with van der Waals surface area (Å²) in [5.41, 5.74) is 7.90. The van der Waals surface area contributed by atoms with Crippen LogP contribution in [0.15, 0.2) is 72.8 Å². The molecule has 13 heteroatoms. The van der Waals surface area contributed by atoms with Gasteiger partial charge in [-0.25, -0.2) is 4.79 Å². The van der Waals surface area contributed by atoms with Crippen molar-refractivity contribution in [3.05, 3.63) is 124 Å². The highest BCUT2D eigenvalue weighted by Gasteiger charge is 2.31. The molecule has 5 nitrogen and oxygen atoms in total. The molecule has 45 heavy (non-hydrogen) atoms. The Hall–Kier alpha value is -3.34. The summed E-state index contributed by atoms with van der Waals surface area (Å²) in [7, 11) is 0. The lowest BCUT2D eigenvalue weighted by atomic mass is 10.1. The van der Waals surface area contributed by atoms with E-state index in [0.717, 1.165) is 42.5 Å². The fourth-order valence-corrected chi connectivity index (χ4v) is 4.69. The number of alkyl halides is 6. The van der Waals surface area contributed by atoms with E-state index in [-0.39, 0.29) is 11.4 Å². The molecular weight excluding hydrogens is 828 g/mol. The monoisotopic (exact) mass is 856 g/mol. The normalized spacial score (nSPS) is 11.0. The lowest BCUT2D eigenvalue weighted by Crippen LogP contribution is -2.14. The molecule has 4 aromatic rings. The molecule has 0 aromatic heterocycles. The number of carboxylic acid groups (broad SMARTS) is 1. The second-order valence-corrected chi connectivity index (χ2v) is 12.2. The standard InChI is InChI=1S/C16H13F3INO.C8H8F3N.C8H7IO2/c1-9-5-12(16(17,18)19)8-13(6-9)21-15(22)11-4-3-10(2)14(20)7-11;1-5-2-6(8(9,10)11)4-7(12)3-5;1-5-2-3-6(8(10)11)4-7(5)9/h3-8H,1-2H3,(H,21,22);2-4H,12H2,1H3;2-4H,1H3,(H,10,11). The number of carboxylic acids is 1. The Kier molecular flexibility index (Phi) is 13.3. The minimum Gasteiger partial charge on any atom is -0.478 e. The summed E-state index contributed by atoms with van der Waals surface area (Å²) in [6, 6.07) is 17.2. The number of hydrogen-bond donors (Lipinski definition) is 3. The third-order valence-corrected chi connectivity index (χ3v) is 8.27. The third kappa shape index (κ3) is 12.2. The van der Waals surface area contributed by atoms with E-state index in [0.29, 0.717) is 22.3 Å². The quantitative estimate of drug-likeness (QED) is 0.109. The summed E-state index contributed by atoms with van der Waals surface area (Å²) in [5, 5.41) is 11.1. The smallest absolute Gasteiger partial charge is 0.416 e. The maximum Gasteiger partial charge on any atom is 0.416 e. The Morgan fingerprint density at radius 2 is 1.11 bits per heavy atom. The van der Waals surface area contributed by atoms with Crippen molar-refractivity contribution in [3.63, 3.8) is 0 Å². The van der Waals surface area contributed by atoms with E-state index in [1.54, 1.807) is 44.2 Å². The molecule has 0 unspecified atom stereocenters. The van der Waals surface area contributed by atoms with Crippen LogP contribution in [-0.4, -0.2) is 17.0 Å². The van der Waals surface area contributed by atoms with Crippen LogP contribution in [0.25, 0.3) is 0 Å². The van der Waals surface area contributed by atoms with E-state index >= 15 is 0 Å². The van der Waals surface area contributed by atoms with Gasteiger partial charge in [0.05, 0.1) is 16.7 Å². The highest BCUT2D eigenvalue weighted by molar-refractivity contribution is 14.1. The maximum atomic E-state index is 12.8. The largest absolute Gasteiger partial charge is 0.478 e. The summed E-state index contributed by atoms with van der Waals surface area (Å²) >= 11 is 4.23. The summed E-state index contributed by atoms with van der Waals surface area (Å²) in [6.07, 6.45) is -8.75. The van der Waals surface area contributed by atoms with Crippen LogP contribution in [0.4, 0.5) is 37.7 Å². The Morgan fingerprint density at radius 1 is 0.667 bits per heavy atom. The molecule has 0 bridgehead atoms. The van der Waals surface area contributed by atoms with E-state index < -0.39 is 35.4 Å². The van der Waals surface area contributed by atoms with Gasteiger partial charge in [-0.05, 0) is 156 Å². The van der Waals surface area contributed by atoms with Gasteiger partial charge < -0.3 is 16.2 Å². The topological polar surface area (TPSA) is 92.4 Å². The van der Waals surface area contributed by atoms with Gasteiger partial charge in [0.25, 0.3) is 5.91 Å². The highest BCUT2D eigenvalue weighted by Crippen LogP contribution is 2.32. The molecule has 0 aliphatic heterocycles. The predicted octanol–water partition coefficient (Wildman–Crippen LogP) is 10.1. The molecule has 0 spiro atoms. The molecule has 0 fully saturated rings. The minimum atomic E-state index is -4.44. The Balaban J connectivity index is 0.000000259. The predicted molar refractivity (Wildman–Crippen MR) is 179 cm³/mol. The van der Waals surface area contributed by atoms with Crippen molar-refractivity contribution in [2.45, 2.75) is 40.0 Å². The molecule has 1 amide bonds. The Bertz CT molecular complexity index is 1670. The molecule has 4 rings (SSSR count). The Morgan fingerprint density at radius 3 is 1.56 bits per heavy atom. The SMILES string of the molecule is Cc1cc(N)cc(C(F)(F)F)c1.Cc1cc(NC(=O)c2ccc(C)c(I)c2)cc(C(F)(F)F)c1.Cc1ccc(C(=O)O)cc1I. The van der Waals surface area contributed by atoms with Crippen molar-refractivity contribution < 1.29 is 41.0 Å². The number of anilines is 2. The van der Waals surface area contributed by atoms with Crippen LogP contribution in [0.3, 0.4) is 0 Å². The fraction of sp³-hybridized carbons (Fsp3) is 0.188. The average Bonchev–Trinajstić information content (AvgIpc) is 2.90. The molecule has 4 N–H and O–H groups in total. The van der Waals surface area contributed by atoms with E-state index in [2.05, 4.69) is 50.5 Å². The molecular formula is C32H28F6I2N2O3. The van der Waals surface area contributed by atoms with Crippen LogP contribution >= 0.6 is 45.2 Å². The number of amides is 1. The zero-order valence-corrected chi connectivity index (χ0v) is 28.6. The number of aryl methyl sites for hydroxylation is 4. The van der Waals surface area contributed by atoms with Crippen molar-refractivity contribution in [2.24, 2.45) is 0 Å². The van der Waals surface area contributed by atoms with Crippen LogP contribution in [0, 0.1) is 34.8 Å². The zero-order chi connectivity index (χ0) is 34.3. The first-order valence-electron chi connectivity index (χ1n) is 12.9. The Labute approximate surface area is 283 Å². The van der Waals surface area contributed by atoms with Crippen LogP contribution in [0.1, 0.15) is 54.1 Å². The maximum absolute atomic E-state index is 12.8. The number of benzene rings is 4. The highest BCUT2D eigenvalue weighted by atomic mass is 127. The van der Waals surface area contributed by atoms with Gasteiger partial charge in [0.2, 0.25) is 0 Å². The molecule has 0 aliphatic carbocycles. The van der Waals surface area contributed by atoms with Gasteiger partial charge in [-0.15, -0.1) is 0 Å². The lowest BCUT2D eigenvalue weighted by Gasteiger charge is -2.12. The van der Waals surface area contributed by atoms with E-state index in [9.17, 15) is 35.9 Å². The third-order valence-electron chi connectivity index (χ3n) is 5.94. The van der Waals surface area contributed by atoms with Crippen molar-refractivity contribution in [1.29, 1.82) is 0 Å². The number of nitrogen functional groups attached to an aromatic ring is 1.